The molecule has 1 N–H and O–H groups in total. The van der Waals surface area contributed by atoms with Crippen LogP contribution >= 0.6 is 0 Å². The van der Waals surface area contributed by atoms with Crippen LogP contribution in [0, 0.1) is 5.92 Å². The summed E-state index contributed by atoms with van der Waals surface area (Å²) < 4.78 is 10.9. The van der Waals surface area contributed by atoms with E-state index in [1.54, 1.807) is 12.1 Å². The first-order valence-electron chi connectivity index (χ1n) is 10.7. The van der Waals surface area contributed by atoms with E-state index in [9.17, 15) is 4.79 Å². The summed E-state index contributed by atoms with van der Waals surface area (Å²) in [6.45, 7) is 6.88. The van der Waals surface area contributed by atoms with Crippen molar-refractivity contribution in [3.63, 3.8) is 0 Å². The molecule has 0 bridgehead atoms. The largest absolute Gasteiger partial charge is 0.477 e. The summed E-state index contributed by atoms with van der Waals surface area (Å²) in [5.41, 5.74) is 1.04. The van der Waals surface area contributed by atoms with Crippen molar-refractivity contribution in [1.29, 1.82) is 0 Å². The number of piperazine rings is 1. The monoisotopic (exact) mass is 411 g/mol. The van der Waals surface area contributed by atoms with Gasteiger partial charge in [0.05, 0.1) is 19.4 Å². The number of ether oxygens (including phenoxy) is 1. The lowest BCUT2D eigenvalue weighted by atomic mass is 10.3. The summed E-state index contributed by atoms with van der Waals surface area (Å²) >= 11 is 0. The maximum atomic E-state index is 12.4. The third-order valence-corrected chi connectivity index (χ3v) is 5.31. The molecule has 0 unspecified atom stereocenters. The van der Waals surface area contributed by atoms with Gasteiger partial charge in [-0.25, -0.2) is 9.98 Å². The topological polar surface area (TPSA) is 83.2 Å². The maximum Gasteiger partial charge on any atom is 0.289 e. The van der Waals surface area contributed by atoms with E-state index in [1.807, 2.05) is 23.2 Å². The lowest BCUT2D eigenvalue weighted by Crippen LogP contribution is -2.53. The number of nitrogens with one attached hydrogen (secondary N) is 1. The minimum Gasteiger partial charge on any atom is -0.477 e. The van der Waals surface area contributed by atoms with E-state index >= 15 is 0 Å². The van der Waals surface area contributed by atoms with Gasteiger partial charge in [0.2, 0.25) is 5.88 Å². The molecule has 4 rings (SSSR count). The van der Waals surface area contributed by atoms with Gasteiger partial charge in [0, 0.05) is 45.0 Å². The number of guanidine groups is 1. The van der Waals surface area contributed by atoms with Crippen molar-refractivity contribution in [1.82, 2.24) is 20.1 Å². The lowest BCUT2D eigenvalue weighted by molar-refractivity contribution is 0.0657. The van der Waals surface area contributed by atoms with Gasteiger partial charge in [-0.1, -0.05) is 6.07 Å². The summed E-state index contributed by atoms with van der Waals surface area (Å²) in [7, 11) is 0. The van der Waals surface area contributed by atoms with Crippen LogP contribution in [0.3, 0.4) is 0 Å². The van der Waals surface area contributed by atoms with Crippen LogP contribution < -0.4 is 10.1 Å². The number of pyridine rings is 1. The molecule has 1 amide bonds. The fourth-order valence-electron chi connectivity index (χ4n) is 3.35. The Kier molecular flexibility index (Phi) is 6.51. The van der Waals surface area contributed by atoms with E-state index in [-0.39, 0.29) is 5.91 Å². The molecule has 1 saturated carbocycles. The smallest absolute Gasteiger partial charge is 0.289 e. The van der Waals surface area contributed by atoms with Gasteiger partial charge in [0.15, 0.2) is 11.7 Å². The Bertz CT molecular complexity index is 838. The molecule has 2 aliphatic rings. The number of aliphatic imine (C=N–C) groups is 1. The second-order valence-electron chi connectivity index (χ2n) is 7.69. The molecular formula is C22H29N5O3. The highest BCUT2D eigenvalue weighted by atomic mass is 16.5. The average Bonchev–Trinajstić information content (AvgIpc) is 3.46. The van der Waals surface area contributed by atoms with Crippen molar-refractivity contribution in [2.24, 2.45) is 10.9 Å². The molecule has 1 saturated heterocycles. The summed E-state index contributed by atoms with van der Waals surface area (Å²) in [6.07, 6.45) is 5.89. The van der Waals surface area contributed by atoms with Crippen LogP contribution in [0.1, 0.15) is 35.9 Å². The predicted octanol–water partition coefficient (Wildman–Crippen LogP) is 2.39. The van der Waals surface area contributed by atoms with E-state index in [4.69, 9.17) is 14.1 Å². The molecule has 30 heavy (non-hydrogen) atoms. The first kappa shape index (κ1) is 20.3. The van der Waals surface area contributed by atoms with Gasteiger partial charge in [-0.3, -0.25) is 4.79 Å². The first-order chi connectivity index (χ1) is 14.7. The number of hydrogen-bond donors (Lipinski definition) is 1. The Morgan fingerprint density at radius 2 is 2.03 bits per heavy atom. The van der Waals surface area contributed by atoms with Crippen LogP contribution in [-0.2, 0) is 6.54 Å². The van der Waals surface area contributed by atoms with Gasteiger partial charge in [0.25, 0.3) is 5.91 Å². The zero-order valence-electron chi connectivity index (χ0n) is 17.4. The van der Waals surface area contributed by atoms with Gasteiger partial charge >= 0.3 is 0 Å². The second kappa shape index (κ2) is 9.65. The van der Waals surface area contributed by atoms with Gasteiger partial charge in [-0.05, 0) is 43.4 Å². The Balaban J connectivity index is 1.30. The normalized spacial score (nSPS) is 17.2. The first-order valence-corrected chi connectivity index (χ1v) is 10.7. The van der Waals surface area contributed by atoms with Crippen molar-refractivity contribution < 1.29 is 13.9 Å². The maximum absolute atomic E-state index is 12.4. The van der Waals surface area contributed by atoms with Crippen molar-refractivity contribution >= 4 is 11.9 Å². The standard InChI is InChI=1S/C22H29N5O3/c1-2-23-22(25-15-18-7-8-20(24-14-18)30-16-17-5-6-17)27-11-9-26(10-12-27)21(28)19-4-3-13-29-19/h3-4,7-8,13-14,17H,2,5-6,9-12,15-16H2,1H3,(H,23,25). The number of amides is 1. The van der Waals surface area contributed by atoms with Crippen LogP contribution in [-0.4, -0.2) is 66.0 Å². The Hall–Kier alpha value is -3.03. The number of furan rings is 1. The highest BCUT2D eigenvalue weighted by Gasteiger charge is 2.25. The zero-order chi connectivity index (χ0) is 20.8. The van der Waals surface area contributed by atoms with E-state index in [1.165, 1.54) is 19.1 Å². The molecule has 160 valence electrons. The average molecular weight is 412 g/mol. The molecule has 1 aliphatic heterocycles. The minimum absolute atomic E-state index is 0.0586. The predicted molar refractivity (Wildman–Crippen MR) is 113 cm³/mol. The van der Waals surface area contributed by atoms with E-state index in [0.717, 1.165) is 37.8 Å². The van der Waals surface area contributed by atoms with Crippen LogP contribution in [0.2, 0.25) is 0 Å². The molecule has 8 heteroatoms. The van der Waals surface area contributed by atoms with E-state index in [2.05, 4.69) is 22.1 Å². The highest BCUT2D eigenvalue weighted by Crippen LogP contribution is 2.29. The summed E-state index contributed by atoms with van der Waals surface area (Å²) in [5.74, 6) is 2.59. The number of rotatable bonds is 7. The molecule has 8 nitrogen and oxygen atoms in total. The summed E-state index contributed by atoms with van der Waals surface area (Å²) in [4.78, 5) is 25.6. The highest BCUT2D eigenvalue weighted by molar-refractivity contribution is 5.91. The molecule has 0 aromatic carbocycles. The number of nitrogens with zero attached hydrogens (tertiary/aromatic N) is 4. The molecule has 1 aliphatic carbocycles. The lowest BCUT2D eigenvalue weighted by Gasteiger charge is -2.36. The molecule has 0 radical (unpaired) electrons. The van der Waals surface area contributed by atoms with Crippen LogP contribution in [0.25, 0.3) is 0 Å². The van der Waals surface area contributed by atoms with Gasteiger partial charge < -0.3 is 24.3 Å². The van der Waals surface area contributed by atoms with Gasteiger partial charge in [-0.2, -0.15) is 0 Å². The molecule has 3 heterocycles. The fraction of sp³-hybridized carbons (Fsp3) is 0.500. The van der Waals surface area contributed by atoms with Gasteiger partial charge in [0.1, 0.15) is 0 Å². The fourth-order valence-corrected chi connectivity index (χ4v) is 3.35. The third kappa shape index (κ3) is 5.31. The molecule has 2 aromatic rings. The second-order valence-corrected chi connectivity index (χ2v) is 7.69. The van der Waals surface area contributed by atoms with Crippen molar-refractivity contribution in [2.75, 3.05) is 39.3 Å². The van der Waals surface area contributed by atoms with Crippen molar-refractivity contribution in [3.05, 3.63) is 48.0 Å². The Morgan fingerprint density at radius 1 is 1.23 bits per heavy atom. The van der Waals surface area contributed by atoms with E-state index in [0.29, 0.717) is 37.2 Å². The van der Waals surface area contributed by atoms with Crippen LogP contribution in [0.4, 0.5) is 0 Å². The quantitative estimate of drug-likeness (QED) is 0.556. The molecular weight excluding hydrogens is 382 g/mol. The van der Waals surface area contributed by atoms with E-state index < -0.39 is 0 Å². The molecule has 0 atom stereocenters. The minimum atomic E-state index is -0.0586. The van der Waals surface area contributed by atoms with Crippen LogP contribution in [0.5, 0.6) is 5.88 Å². The third-order valence-electron chi connectivity index (χ3n) is 5.31. The number of carbonyl (C=O) groups is 1. The van der Waals surface area contributed by atoms with Gasteiger partial charge in [-0.15, -0.1) is 0 Å². The molecule has 0 spiro atoms. The molecule has 2 aromatic heterocycles. The summed E-state index contributed by atoms with van der Waals surface area (Å²) in [6, 6.07) is 7.37. The number of carbonyl (C=O) groups excluding carboxylic acids is 1. The Morgan fingerprint density at radius 3 is 2.67 bits per heavy atom. The SMILES string of the molecule is CCNC(=NCc1ccc(OCC2CC2)nc1)N1CCN(C(=O)c2ccco2)CC1. The Labute approximate surface area is 176 Å². The molecule has 2 fully saturated rings. The number of hydrogen-bond acceptors (Lipinski definition) is 5. The van der Waals surface area contributed by atoms with Crippen LogP contribution in [0.15, 0.2) is 46.1 Å². The van der Waals surface area contributed by atoms with Crippen molar-refractivity contribution in [3.8, 4) is 5.88 Å². The van der Waals surface area contributed by atoms with Crippen molar-refractivity contribution in [2.45, 2.75) is 26.3 Å². The zero-order valence-corrected chi connectivity index (χ0v) is 17.4. The summed E-state index contributed by atoms with van der Waals surface area (Å²) in [5, 5.41) is 3.35. The number of aromatic nitrogens is 1.